The third kappa shape index (κ3) is 3.19. The van der Waals surface area contributed by atoms with Gasteiger partial charge in [-0.05, 0) is 43.4 Å². The molecule has 2 heterocycles. The first-order valence-corrected chi connectivity index (χ1v) is 9.07. The Morgan fingerprint density at radius 3 is 2.52 bits per heavy atom. The first-order chi connectivity index (χ1) is 12.2. The van der Waals surface area contributed by atoms with Crippen LogP contribution in [0.5, 0.6) is 0 Å². The molecule has 2 aromatic carbocycles. The first-order valence-electron chi connectivity index (χ1n) is 9.07. The zero-order chi connectivity index (χ0) is 17.2. The van der Waals surface area contributed by atoms with Gasteiger partial charge in [0.1, 0.15) is 5.58 Å². The van der Waals surface area contributed by atoms with Crippen molar-refractivity contribution in [3.8, 4) is 0 Å². The van der Waals surface area contributed by atoms with E-state index in [0.29, 0.717) is 5.39 Å². The summed E-state index contributed by atoms with van der Waals surface area (Å²) in [5, 5.41) is 0.673. The number of piperidine rings is 1. The van der Waals surface area contributed by atoms with Crippen molar-refractivity contribution in [3.63, 3.8) is 0 Å². The molecule has 0 radical (unpaired) electrons. The van der Waals surface area contributed by atoms with Crippen LogP contribution in [0.2, 0.25) is 0 Å². The highest BCUT2D eigenvalue weighted by atomic mass is 16.4. The van der Waals surface area contributed by atoms with Gasteiger partial charge in [-0.1, -0.05) is 36.4 Å². The second-order valence-electron chi connectivity index (χ2n) is 6.89. The molecule has 1 aliphatic rings. The van der Waals surface area contributed by atoms with Gasteiger partial charge in [0.25, 0.3) is 0 Å². The first kappa shape index (κ1) is 15.9. The van der Waals surface area contributed by atoms with Crippen molar-refractivity contribution in [3.05, 3.63) is 75.4 Å². The van der Waals surface area contributed by atoms with Crippen molar-refractivity contribution in [2.75, 3.05) is 18.0 Å². The number of para-hydroxylation sites is 1. The van der Waals surface area contributed by atoms with Gasteiger partial charge in [-0.25, -0.2) is 0 Å². The minimum Gasteiger partial charge on any atom is -0.440 e. The van der Waals surface area contributed by atoms with Gasteiger partial charge in [0.05, 0.1) is 5.39 Å². The lowest BCUT2D eigenvalue weighted by Gasteiger charge is -2.27. The van der Waals surface area contributed by atoms with E-state index < -0.39 is 0 Å². The van der Waals surface area contributed by atoms with E-state index in [1.54, 1.807) is 6.07 Å². The van der Waals surface area contributed by atoms with E-state index in [1.165, 1.54) is 17.5 Å². The number of nitrogens with zero attached hydrogens (tertiary/aromatic N) is 1. The third-order valence-electron chi connectivity index (χ3n) is 5.13. The van der Waals surface area contributed by atoms with Crippen molar-refractivity contribution in [2.45, 2.75) is 32.6 Å². The van der Waals surface area contributed by atoms with Gasteiger partial charge in [-0.3, -0.25) is 4.79 Å². The molecule has 128 valence electrons. The fraction of sp³-hybridized carbons (Fsp3) is 0.318. The Morgan fingerprint density at radius 2 is 1.72 bits per heavy atom. The van der Waals surface area contributed by atoms with E-state index in [9.17, 15) is 4.79 Å². The monoisotopic (exact) mass is 333 g/mol. The van der Waals surface area contributed by atoms with Gasteiger partial charge in [-0.15, -0.1) is 0 Å². The van der Waals surface area contributed by atoms with E-state index >= 15 is 0 Å². The maximum absolute atomic E-state index is 12.6. The summed E-state index contributed by atoms with van der Waals surface area (Å²) >= 11 is 0. The van der Waals surface area contributed by atoms with Gasteiger partial charge < -0.3 is 9.32 Å². The lowest BCUT2D eigenvalue weighted by molar-refractivity contribution is 0.511. The maximum atomic E-state index is 12.6. The van der Waals surface area contributed by atoms with Crippen LogP contribution in [0.1, 0.15) is 36.0 Å². The molecule has 1 saturated heterocycles. The molecule has 0 bridgehead atoms. The van der Waals surface area contributed by atoms with Crippen molar-refractivity contribution in [1.29, 1.82) is 0 Å². The van der Waals surface area contributed by atoms with E-state index in [1.807, 2.05) is 12.1 Å². The number of benzene rings is 2. The minimum atomic E-state index is 0.0495. The summed E-state index contributed by atoms with van der Waals surface area (Å²) in [6, 6.07) is 15.9. The highest BCUT2D eigenvalue weighted by Crippen LogP contribution is 2.26. The molecule has 0 unspecified atom stereocenters. The molecule has 0 amide bonds. The van der Waals surface area contributed by atoms with Crippen LogP contribution in [0, 0.1) is 6.92 Å². The zero-order valence-electron chi connectivity index (χ0n) is 14.6. The number of aryl methyl sites for hydroxylation is 1. The lowest BCUT2D eigenvalue weighted by Crippen LogP contribution is -2.30. The van der Waals surface area contributed by atoms with Crippen LogP contribution in [0.3, 0.4) is 0 Å². The van der Waals surface area contributed by atoms with Crippen LogP contribution in [-0.2, 0) is 6.42 Å². The quantitative estimate of drug-likeness (QED) is 0.697. The van der Waals surface area contributed by atoms with Crippen LogP contribution in [0.15, 0.2) is 57.7 Å². The smallest absolute Gasteiger partial charge is 0.199 e. The summed E-state index contributed by atoms with van der Waals surface area (Å²) in [5.41, 5.74) is 4.38. The topological polar surface area (TPSA) is 33.5 Å². The molecule has 1 aromatic heterocycles. The number of anilines is 1. The molecule has 1 aliphatic heterocycles. The van der Waals surface area contributed by atoms with Crippen molar-refractivity contribution in [2.24, 2.45) is 0 Å². The van der Waals surface area contributed by atoms with Gasteiger partial charge >= 0.3 is 0 Å². The van der Waals surface area contributed by atoms with Crippen molar-refractivity contribution >= 4 is 16.9 Å². The van der Waals surface area contributed by atoms with E-state index in [0.717, 1.165) is 49.4 Å². The Hall–Kier alpha value is -2.55. The van der Waals surface area contributed by atoms with Gasteiger partial charge in [0, 0.05) is 31.1 Å². The van der Waals surface area contributed by atoms with Crippen LogP contribution in [0.25, 0.3) is 11.0 Å². The largest absolute Gasteiger partial charge is 0.440 e. The number of rotatable bonds is 3. The SMILES string of the molecule is Cc1ccccc1Cc1cccc2c(=O)cc(N3CCCCC3)oc12. The molecular weight excluding hydrogens is 310 g/mol. The Balaban J connectivity index is 1.80. The molecule has 0 saturated carbocycles. The lowest BCUT2D eigenvalue weighted by atomic mass is 9.99. The van der Waals surface area contributed by atoms with Crippen LogP contribution in [0.4, 0.5) is 5.88 Å². The Morgan fingerprint density at radius 1 is 0.960 bits per heavy atom. The highest BCUT2D eigenvalue weighted by molar-refractivity contribution is 5.81. The van der Waals surface area contributed by atoms with Gasteiger partial charge in [0.15, 0.2) is 11.3 Å². The predicted octanol–water partition coefficient (Wildman–Crippen LogP) is 4.68. The number of hydrogen-bond acceptors (Lipinski definition) is 3. The molecule has 1 fully saturated rings. The second kappa shape index (κ2) is 6.75. The summed E-state index contributed by atoms with van der Waals surface area (Å²) in [7, 11) is 0. The molecule has 4 rings (SSSR count). The number of hydrogen-bond donors (Lipinski definition) is 0. The highest BCUT2D eigenvalue weighted by Gasteiger charge is 2.16. The van der Waals surface area contributed by atoms with Gasteiger partial charge in [-0.2, -0.15) is 0 Å². The minimum absolute atomic E-state index is 0.0495. The maximum Gasteiger partial charge on any atom is 0.199 e. The molecule has 0 N–H and O–H groups in total. The molecule has 0 aliphatic carbocycles. The average Bonchev–Trinajstić information content (AvgIpc) is 2.65. The van der Waals surface area contributed by atoms with Crippen molar-refractivity contribution < 1.29 is 4.42 Å². The standard InChI is InChI=1S/C22H23NO2/c1-16-8-3-4-9-17(16)14-18-10-7-11-19-20(24)15-21(25-22(18)19)23-12-5-2-6-13-23/h3-4,7-11,15H,2,5-6,12-14H2,1H3. The average molecular weight is 333 g/mol. The van der Waals surface area contributed by atoms with Crippen LogP contribution >= 0.6 is 0 Å². The summed E-state index contributed by atoms with van der Waals surface area (Å²) in [6.07, 6.45) is 4.35. The van der Waals surface area contributed by atoms with Crippen LogP contribution in [-0.4, -0.2) is 13.1 Å². The summed E-state index contributed by atoms with van der Waals surface area (Å²) in [4.78, 5) is 14.8. The molecule has 3 aromatic rings. The predicted molar refractivity (Wildman–Crippen MR) is 103 cm³/mol. The molecule has 3 nitrogen and oxygen atoms in total. The fourth-order valence-corrected chi connectivity index (χ4v) is 3.65. The molecule has 25 heavy (non-hydrogen) atoms. The zero-order valence-corrected chi connectivity index (χ0v) is 14.6. The van der Waals surface area contributed by atoms with E-state index in [2.05, 4.69) is 42.2 Å². The second-order valence-corrected chi connectivity index (χ2v) is 6.89. The van der Waals surface area contributed by atoms with Gasteiger partial charge in [0.2, 0.25) is 0 Å². The molecular formula is C22H23NO2. The number of fused-ring (bicyclic) bond motifs is 1. The summed E-state index contributed by atoms with van der Waals surface area (Å²) in [5.74, 6) is 0.717. The van der Waals surface area contributed by atoms with Crippen molar-refractivity contribution in [1.82, 2.24) is 0 Å². The summed E-state index contributed by atoms with van der Waals surface area (Å²) in [6.45, 7) is 4.05. The fourth-order valence-electron chi connectivity index (χ4n) is 3.65. The van der Waals surface area contributed by atoms with E-state index in [-0.39, 0.29) is 5.43 Å². The molecule has 0 atom stereocenters. The Kier molecular flexibility index (Phi) is 4.31. The van der Waals surface area contributed by atoms with Crippen LogP contribution < -0.4 is 10.3 Å². The normalized spacial score (nSPS) is 14.8. The third-order valence-corrected chi connectivity index (χ3v) is 5.13. The molecule has 3 heteroatoms. The Labute approximate surface area is 147 Å². The summed E-state index contributed by atoms with van der Waals surface area (Å²) < 4.78 is 6.25. The van der Waals surface area contributed by atoms with E-state index in [4.69, 9.17) is 4.42 Å². The Bertz CT molecular complexity index is 952. The molecule has 0 spiro atoms.